The standard InChI is InChI=1S/C22H18FN3O/c1-14-3-5-15(6-4-14)21-19-13-18(27-2)11-12-20(19)24-22(26-25-21)16-7-9-17(23)10-8-16/h3-13H,1-2H3,(H,24,26). The molecule has 0 saturated carbocycles. The van der Waals surface area contributed by atoms with Crippen LogP contribution in [0.2, 0.25) is 0 Å². The van der Waals surface area contributed by atoms with Crippen LogP contribution < -0.4 is 10.2 Å². The number of nitrogens with zero attached hydrogens (tertiary/aromatic N) is 2. The lowest BCUT2D eigenvalue weighted by molar-refractivity contribution is 0.415. The molecule has 0 amide bonds. The smallest absolute Gasteiger partial charge is 0.154 e. The van der Waals surface area contributed by atoms with Crippen molar-refractivity contribution in [2.45, 2.75) is 6.92 Å². The number of hydrazone groups is 1. The Morgan fingerprint density at radius 3 is 2.30 bits per heavy atom. The van der Waals surface area contributed by atoms with E-state index < -0.39 is 0 Å². The Hall–Kier alpha value is -3.47. The quantitative estimate of drug-likeness (QED) is 0.744. The molecule has 4 rings (SSSR count). The molecule has 0 aliphatic carbocycles. The molecule has 1 heterocycles. The third kappa shape index (κ3) is 3.44. The molecule has 0 radical (unpaired) electrons. The molecule has 3 aromatic rings. The lowest BCUT2D eigenvalue weighted by Gasteiger charge is -2.10. The van der Waals surface area contributed by atoms with Crippen molar-refractivity contribution in [1.29, 1.82) is 0 Å². The van der Waals surface area contributed by atoms with E-state index in [4.69, 9.17) is 9.73 Å². The maximum atomic E-state index is 13.3. The van der Waals surface area contributed by atoms with E-state index in [9.17, 15) is 4.39 Å². The fourth-order valence-corrected chi connectivity index (χ4v) is 2.91. The Bertz CT molecular complexity index is 1040. The molecule has 0 bridgehead atoms. The third-order valence-electron chi connectivity index (χ3n) is 4.41. The summed E-state index contributed by atoms with van der Waals surface area (Å²) in [5.74, 6) is 1.000. The molecule has 27 heavy (non-hydrogen) atoms. The number of aryl methyl sites for hydroxylation is 1. The molecule has 5 heteroatoms. The second kappa shape index (κ2) is 7.03. The van der Waals surface area contributed by atoms with Crippen LogP contribution in [-0.4, -0.2) is 18.7 Å². The van der Waals surface area contributed by atoms with E-state index in [1.54, 1.807) is 19.2 Å². The minimum absolute atomic E-state index is 0.290. The van der Waals surface area contributed by atoms with Crippen molar-refractivity contribution in [2.75, 3.05) is 7.11 Å². The molecule has 4 nitrogen and oxygen atoms in total. The highest BCUT2D eigenvalue weighted by Gasteiger charge is 2.18. The fourth-order valence-electron chi connectivity index (χ4n) is 2.91. The van der Waals surface area contributed by atoms with E-state index >= 15 is 0 Å². The largest absolute Gasteiger partial charge is 0.497 e. The maximum Gasteiger partial charge on any atom is 0.154 e. The molecule has 134 valence electrons. The topological polar surface area (TPSA) is 46.0 Å². The highest BCUT2D eigenvalue weighted by molar-refractivity contribution is 6.18. The summed E-state index contributed by atoms with van der Waals surface area (Å²) in [5, 5.41) is 4.61. The summed E-state index contributed by atoms with van der Waals surface area (Å²) < 4.78 is 18.7. The van der Waals surface area contributed by atoms with Crippen molar-refractivity contribution in [3.8, 4) is 5.75 Å². The number of amidine groups is 1. The molecule has 1 aliphatic heterocycles. The molecule has 0 spiro atoms. The summed E-state index contributed by atoms with van der Waals surface area (Å²) in [4.78, 5) is 4.72. The highest BCUT2D eigenvalue weighted by Crippen LogP contribution is 2.29. The molecule has 0 unspecified atom stereocenters. The van der Waals surface area contributed by atoms with Crippen molar-refractivity contribution in [3.63, 3.8) is 0 Å². The van der Waals surface area contributed by atoms with Gasteiger partial charge in [-0.15, -0.1) is 0 Å². The van der Waals surface area contributed by atoms with Crippen molar-refractivity contribution in [1.82, 2.24) is 5.43 Å². The monoisotopic (exact) mass is 359 g/mol. The molecule has 1 aliphatic rings. The number of rotatable bonds is 3. The van der Waals surface area contributed by atoms with Gasteiger partial charge in [-0.3, -0.25) is 5.43 Å². The molecular formula is C22H18FN3O. The van der Waals surface area contributed by atoms with Crippen LogP contribution in [0, 0.1) is 12.7 Å². The zero-order chi connectivity index (χ0) is 18.8. The van der Waals surface area contributed by atoms with E-state index in [1.807, 2.05) is 49.4 Å². The van der Waals surface area contributed by atoms with Gasteiger partial charge in [-0.1, -0.05) is 29.8 Å². The fraction of sp³-hybridized carbons (Fsp3) is 0.0909. The van der Waals surface area contributed by atoms with Gasteiger partial charge in [0.1, 0.15) is 17.3 Å². The van der Waals surface area contributed by atoms with Crippen LogP contribution in [0.5, 0.6) is 5.75 Å². The summed E-state index contributed by atoms with van der Waals surface area (Å²) in [6, 6.07) is 20.0. The summed E-state index contributed by atoms with van der Waals surface area (Å²) in [6.07, 6.45) is 0. The SMILES string of the molecule is COc1ccc2c(c1)C(c1ccc(C)cc1)=NNC(c1ccc(F)cc1)=N2. The second-order valence-electron chi connectivity index (χ2n) is 6.29. The van der Waals surface area contributed by atoms with E-state index in [0.29, 0.717) is 5.84 Å². The minimum atomic E-state index is -0.290. The number of aliphatic imine (C=N–C) groups is 1. The Labute approximate surface area is 157 Å². The minimum Gasteiger partial charge on any atom is -0.497 e. The summed E-state index contributed by atoms with van der Waals surface area (Å²) in [5.41, 5.74) is 8.34. The van der Waals surface area contributed by atoms with Gasteiger partial charge in [0.05, 0.1) is 12.8 Å². The van der Waals surface area contributed by atoms with Crippen molar-refractivity contribution >= 4 is 17.2 Å². The molecule has 0 fully saturated rings. The second-order valence-corrected chi connectivity index (χ2v) is 6.29. The zero-order valence-corrected chi connectivity index (χ0v) is 15.0. The number of nitrogens with one attached hydrogen (secondary N) is 1. The first-order chi connectivity index (χ1) is 13.1. The van der Waals surface area contributed by atoms with Gasteiger partial charge in [0.2, 0.25) is 0 Å². The van der Waals surface area contributed by atoms with Gasteiger partial charge >= 0.3 is 0 Å². The van der Waals surface area contributed by atoms with Crippen LogP contribution in [0.1, 0.15) is 22.3 Å². The molecule has 0 aromatic heterocycles. The summed E-state index contributed by atoms with van der Waals surface area (Å²) >= 11 is 0. The van der Waals surface area contributed by atoms with Crippen LogP contribution >= 0.6 is 0 Å². The predicted octanol–water partition coefficient (Wildman–Crippen LogP) is 4.58. The summed E-state index contributed by atoms with van der Waals surface area (Å²) in [6.45, 7) is 2.05. The number of hydrogen-bond donors (Lipinski definition) is 1. The number of hydrogen-bond acceptors (Lipinski definition) is 4. The number of methoxy groups -OCH3 is 1. The molecule has 1 N–H and O–H groups in total. The van der Waals surface area contributed by atoms with Gasteiger partial charge in [0.15, 0.2) is 5.84 Å². The average molecular weight is 359 g/mol. The van der Waals surface area contributed by atoms with Gasteiger partial charge in [0.25, 0.3) is 0 Å². The lowest BCUT2D eigenvalue weighted by Crippen LogP contribution is -2.19. The number of ether oxygens (including phenoxy) is 1. The van der Waals surface area contributed by atoms with Crippen molar-refractivity contribution < 1.29 is 9.13 Å². The number of fused-ring (bicyclic) bond motifs is 1. The first-order valence-electron chi connectivity index (χ1n) is 8.58. The Morgan fingerprint density at radius 1 is 0.889 bits per heavy atom. The number of benzene rings is 3. The van der Waals surface area contributed by atoms with E-state index in [2.05, 4.69) is 10.5 Å². The normalized spacial score (nSPS) is 13.0. The average Bonchev–Trinajstić information content (AvgIpc) is 2.88. The highest BCUT2D eigenvalue weighted by atomic mass is 19.1. The Balaban J connectivity index is 1.86. The van der Waals surface area contributed by atoms with Crippen molar-refractivity contribution in [2.24, 2.45) is 10.1 Å². The van der Waals surface area contributed by atoms with Crippen LogP contribution in [0.4, 0.5) is 10.1 Å². The lowest BCUT2D eigenvalue weighted by atomic mass is 9.99. The Morgan fingerprint density at radius 2 is 1.59 bits per heavy atom. The van der Waals surface area contributed by atoms with E-state index in [-0.39, 0.29) is 5.82 Å². The van der Waals surface area contributed by atoms with Crippen LogP contribution in [0.3, 0.4) is 0 Å². The predicted molar refractivity (Wildman–Crippen MR) is 106 cm³/mol. The van der Waals surface area contributed by atoms with Crippen LogP contribution in [-0.2, 0) is 0 Å². The first-order valence-corrected chi connectivity index (χ1v) is 8.58. The van der Waals surface area contributed by atoms with Crippen LogP contribution in [0.25, 0.3) is 0 Å². The summed E-state index contributed by atoms with van der Waals surface area (Å²) in [7, 11) is 1.63. The van der Waals surface area contributed by atoms with E-state index in [1.165, 1.54) is 17.7 Å². The first kappa shape index (κ1) is 17.0. The van der Waals surface area contributed by atoms with Crippen molar-refractivity contribution in [3.05, 3.63) is 94.8 Å². The molecule has 0 atom stereocenters. The number of halogens is 1. The van der Waals surface area contributed by atoms with Crippen LogP contribution in [0.15, 0.2) is 76.8 Å². The maximum absolute atomic E-state index is 13.3. The van der Waals surface area contributed by atoms with Gasteiger partial charge in [-0.2, -0.15) is 5.10 Å². The zero-order valence-electron chi connectivity index (χ0n) is 15.0. The van der Waals surface area contributed by atoms with Gasteiger partial charge in [-0.05, 0) is 49.4 Å². The Kier molecular flexibility index (Phi) is 4.42. The third-order valence-corrected chi connectivity index (χ3v) is 4.41. The molecule has 3 aromatic carbocycles. The van der Waals surface area contributed by atoms with E-state index in [0.717, 1.165) is 33.8 Å². The van der Waals surface area contributed by atoms with Gasteiger partial charge in [-0.25, -0.2) is 9.38 Å². The molecular weight excluding hydrogens is 341 g/mol. The van der Waals surface area contributed by atoms with Gasteiger partial charge in [0, 0.05) is 16.7 Å². The van der Waals surface area contributed by atoms with Gasteiger partial charge < -0.3 is 4.74 Å². The molecule has 0 saturated heterocycles.